The van der Waals surface area contributed by atoms with Gasteiger partial charge in [0.15, 0.2) is 0 Å². The summed E-state index contributed by atoms with van der Waals surface area (Å²) in [4.78, 5) is 5.08. The average Bonchev–Trinajstić information content (AvgIpc) is 2.88. The van der Waals surface area contributed by atoms with E-state index in [9.17, 15) is 0 Å². The van der Waals surface area contributed by atoms with Crippen molar-refractivity contribution in [3.63, 3.8) is 0 Å². The van der Waals surface area contributed by atoms with Gasteiger partial charge in [-0.1, -0.05) is 6.92 Å². The van der Waals surface area contributed by atoms with Crippen LogP contribution in [0.15, 0.2) is 0 Å². The van der Waals surface area contributed by atoms with Crippen LogP contribution in [-0.2, 0) is 4.74 Å². The van der Waals surface area contributed by atoms with Crippen LogP contribution in [0.25, 0.3) is 0 Å². The molecule has 2 rings (SSSR count). The second-order valence-electron chi connectivity index (χ2n) is 6.09. The normalized spacial score (nSPS) is 31.3. The molecular formula is C14H29N3O. The highest BCUT2D eigenvalue weighted by atomic mass is 16.5. The van der Waals surface area contributed by atoms with E-state index in [2.05, 4.69) is 23.8 Å². The smallest absolute Gasteiger partial charge is 0.0547 e. The molecular weight excluding hydrogens is 226 g/mol. The highest BCUT2D eigenvalue weighted by molar-refractivity contribution is 4.89. The number of hydrogen-bond acceptors (Lipinski definition) is 4. The number of nitrogens with two attached hydrogens (primary N) is 1. The maximum Gasteiger partial charge on any atom is 0.0547 e. The maximum atomic E-state index is 5.98. The highest BCUT2D eigenvalue weighted by Gasteiger charge is 2.36. The van der Waals surface area contributed by atoms with Crippen molar-refractivity contribution in [2.45, 2.75) is 32.2 Å². The maximum absolute atomic E-state index is 5.98. The molecule has 2 fully saturated rings. The molecule has 2 heterocycles. The van der Waals surface area contributed by atoms with Crippen LogP contribution in [0.1, 0.15) is 26.2 Å². The molecule has 2 N–H and O–H groups in total. The number of hydrogen-bond donors (Lipinski definition) is 1. The van der Waals surface area contributed by atoms with Crippen molar-refractivity contribution >= 4 is 0 Å². The van der Waals surface area contributed by atoms with Crippen LogP contribution in [0.3, 0.4) is 0 Å². The van der Waals surface area contributed by atoms with Gasteiger partial charge in [-0.2, -0.15) is 0 Å². The molecule has 1 atom stereocenters. The summed E-state index contributed by atoms with van der Waals surface area (Å²) in [5.74, 6) is 0. The molecule has 106 valence electrons. The first kappa shape index (κ1) is 14.3. The van der Waals surface area contributed by atoms with Gasteiger partial charge in [0.05, 0.1) is 6.61 Å². The molecule has 2 aliphatic rings. The first-order valence-electron chi connectivity index (χ1n) is 7.39. The van der Waals surface area contributed by atoms with Gasteiger partial charge >= 0.3 is 0 Å². The van der Waals surface area contributed by atoms with Crippen molar-refractivity contribution in [3.05, 3.63) is 0 Å². The van der Waals surface area contributed by atoms with Gasteiger partial charge in [0.2, 0.25) is 0 Å². The molecule has 0 aromatic carbocycles. The summed E-state index contributed by atoms with van der Waals surface area (Å²) in [6.45, 7) is 9.53. The van der Waals surface area contributed by atoms with E-state index in [-0.39, 0.29) is 5.41 Å². The molecule has 0 spiro atoms. The third kappa shape index (κ3) is 3.23. The summed E-state index contributed by atoms with van der Waals surface area (Å²) in [5.41, 5.74) is 6.19. The van der Waals surface area contributed by atoms with Crippen molar-refractivity contribution in [2.75, 3.05) is 53.0 Å². The Morgan fingerprint density at radius 2 is 2.11 bits per heavy atom. The van der Waals surface area contributed by atoms with Crippen molar-refractivity contribution < 1.29 is 4.74 Å². The lowest BCUT2D eigenvalue weighted by Crippen LogP contribution is -2.49. The van der Waals surface area contributed by atoms with Gasteiger partial charge < -0.3 is 20.3 Å². The lowest BCUT2D eigenvalue weighted by molar-refractivity contribution is 0.0775. The Kier molecular flexibility index (Phi) is 5.01. The zero-order valence-electron chi connectivity index (χ0n) is 12.0. The molecule has 18 heavy (non-hydrogen) atoms. The Balaban J connectivity index is 1.82. The van der Waals surface area contributed by atoms with Crippen molar-refractivity contribution in [2.24, 2.45) is 11.1 Å². The van der Waals surface area contributed by atoms with Crippen LogP contribution in [-0.4, -0.2) is 68.8 Å². The van der Waals surface area contributed by atoms with E-state index >= 15 is 0 Å². The third-order valence-corrected chi connectivity index (χ3v) is 4.83. The van der Waals surface area contributed by atoms with Crippen molar-refractivity contribution in [1.82, 2.24) is 9.80 Å². The molecule has 4 heteroatoms. The van der Waals surface area contributed by atoms with Crippen LogP contribution in [0.2, 0.25) is 0 Å². The number of nitrogens with zero attached hydrogens (tertiary/aromatic N) is 2. The Hall–Kier alpha value is -0.160. The van der Waals surface area contributed by atoms with E-state index in [1.807, 2.05) is 0 Å². The molecule has 0 amide bonds. The third-order valence-electron chi connectivity index (χ3n) is 4.83. The fourth-order valence-corrected chi connectivity index (χ4v) is 3.33. The van der Waals surface area contributed by atoms with Gasteiger partial charge in [-0.15, -0.1) is 0 Å². The van der Waals surface area contributed by atoms with E-state index in [1.165, 1.54) is 32.5 Å². The SMILES string of the molecule is CCN1CCC(N(C)CC2(CN)CCOC2)CC1. The monoisotopic (exact) mass is 255 g/mol. The van der Waals surface area contributed by atoms with E-state index in [0.29, 0.717) is 0 Å². The topological polar surface area (TPSA) is 41.7 Å². The van der Waals surface area contributed by atoms with E-state index in [4.69, 9.17) is 10.5 Å². The quantitative estimate of drug-likeness (QED) is 0.788. The predicted molar refractivity (Wildman–Crippen MR) is 74.7 cm³/mol. The van der Waals surface area contributed by atoms with E-state index < -0.39 is 0 Å². The number of likely N-dealkylation sites (tertiary alicyclic amines) is 1. The molecule has 0 aliphatic carbocycles. The van der Waals surface area contributed by atoms with Crippen LogP contribution in [0.5, 0.6) is 0 Å². The first-order chi connectivity index (χ1) is 8.69. The minimum atomic E-state index is 0.219. The van der Waals surface area contributed by atoms with Crippen LogP contribution in [0.4, 0.5) is 0 Å². The largest absolute Gasteiger partial charge is 0.381 e. The van der Waals surface area contributed by atoms with Gasteiger partial charge in [0, 0.05) is 31.2 Å². The van der Waals surface area contributed by atoms with Crippen LogP contribution >= 0.6 is 0 Å². The molecule has 2 saturated heterocycles. The van der Waals surface area contributed by atoms with Gasteiger partial charge in [0.1, 0.15) is 0 Å². The number of ether oxygens (including phenoxy) is 1. The molecule has 0 bridgehead atoms. The summed E-state index contributed by atoms with van der Waals surface area (Å²) in [5, 5.41) is 0. The van der Waals surface area contributed by atoms with E-state index in [0.717, 1.165) is 38.8 Å². The summed E-state index contributed by atoms with van der Waals surface area (Å²) >= 11 is 0. The zero-order chi connectivity index (χ0) is 13.0. The molecule has 0 radical (unpaired) electrons. The average molecular weight is 255 g/mol. The second-order valence-corrected chi connectivity index (χ2v) is 6.09. The summed E-state index contributed by atoms with van der Waals surface area (Å²) < 4.78 is 5.56. The molecule has 0 aromatic heterocycles. The Morgan fingerprint density at radius 3 is 2.61 bits per heavy atom. The summed E-state index contributed by atoms with van der Waals surface area (Å²) in [6.07, 6.45) is 3.72. The minimum absolute atomic E-state index is 0.219. The van der Waals surface area contributed by atoms with Gasteiger partial charge in [-0.3, -0.25) is 0 Å². The highest BCUT2D eigenvalue weighted by Crippen LogP contribution is 2.29. The lowest BCUT2D eigenvalue weighted by Gasteiger charge is -2.40. The molecule has 1 unspecified atom stereocenters. The molecule has 0 saturated carbocycles. The standard InChI is InChI=1S/C14H29N3O/c1-3-17-7-4-13(5-8-17)16(2)11-14(10-15)6-9-18-12-14/h13H,3-12,15H2,1-2H3. The van der Waals surface area contributed by atoms with Gasteiger partial charge in [-0.25, -0.2) is 0 Å². The van der Waals surface area contributed by atoms with Gasteiger partial charge in [0.25, 0.3) is 0 Å². The van der Waals surface area contributed by atoms with Gasteiger partial charge in [-0.05, 0) is 45.9 Å². The lowest BCUT2D eigenvalue weighted by atomic mass is 9.86. The molecule has 4 nitrogen and oxygen atoms in total. The fourth-order valence-electron chi connectivity index (χ4n) is 3.33. The molecule has 2 aliphatic heterocycles. The summed E-state index contributed by atoms with van der Waals surface area (Å²) in [7, 11) is 2.27. The van der Waals surface area contributed by atoms with E-state index in [1.54, 1.807) is 0 Å². The Labute approximate surface area is 111 Å². The van der Waals surface area contributed by atoms with Crippen LogP contribution < -0.4 is 5.73 Å². The first-order valence-corrected chi connectivity index (χ1v) is 7.39. The molecule has 0 aromatic rings. The Bertz CT molecular complexity index is 245. The number of piperidine rings is 1. The number of rotatable bonds is 5. The van der Waals surface area contributed by atoms with Crippen LogP contribution in [0, 0.1) is 5.41 Å². The Morgan fingerprint density at radius 1 is 1.39 bits per heavy atom. The predicted octanol–water partition coefficient (Wildman–Crippen LogP) is 0.768. The fraction of sp³-hybridized carbons (Fsp3) is 1.00. The zero-order valence-corrected chi connectivity index (χ0v) is 12.0. The van der Waals surface area contributed by atoms with Crippen molar-refractivity contribution in [3.8, 4) is 0 Å². The second kappa shape index (κ2) is 6.33. The minimum Gasteiger partial charge on any atom is -0.381 e. The summed E-state index contributed by atoms with van der Waals surface area (Å²) in [6, 6.07) is 0.733. The van der Waals surface area contributed by atoms with Crippen molar-refractivity contribution in [1.29, 1.82) is 0 Å².